The molecule has 0 saturated carbocycles. The fourth-order valence-corrected chi connectivity index (χ4v) is 5.61. The van der Waals surface area contributed by atoms with Crippen molar-refractivity contribution in [1.29, 1.82) is 0 Å². The van der Waals surface area contributed by atoms with Gasteiger partial charge in [-0.15, -0.1) is 22.7 Å². The van der Waals surface area contributed by atoms with Gasteiger partial charge >= 0.3 is 6.09 Å². The molecule has 1 amide bonds. The number of carbonyl (C=O) groups is 1. The molecule has 0 aromatic carbocycles. The zero-order valence-corrected chi connectivity index (χ0v) is 21.9. The summed E-state index contributed by atoms with van der Waals surface area (Å²) in [6.07, 6.45) is 3.61. The Labute approximate surface area is 213 Å². The third-order valence-electron chi connectivity index (χ3n) is 5.69. The van der Waals surface area contributed by atoms with Crippen LogP contribution in [0.4, 0.5) is 22.1 Å². The minimum Gasteiger partial charge on any atom is -0.444 e. The molecule has 35 heavy (non-hydrogen) atoms. The van der Waals surface area contributed by atoms with Gasteiger partial charge in [-0.05, 0) is 56.5 Å². The van der Waals surface area contributed by atoms with Crippen LogP contribution < -0.4 is 15.1 Å². The molecule has 0 unspecified atom stereocenters. The SMILES string of the molecule is CC(C)(C)OC(=O)Nc1cc(N2CCCC2)nc2c(N(Cc3cccs3)Cc3cccs3)cnn12. The standard InChI is InChI=1S/C25H30N6O2S2/c1-25(2,3)33-24(32)28-22-14-21(29-10-4-5-11-29)27-23-20(15-26-31(22)23)30(16-18-8-6-12-34-18)17-19-9-7-13-35-19/h6-9,12-15H,4-5,10-11,16-17H2,1-3H3,(H,28,32). The summed E-state index contributed by atoms with van der Waals surface area (Å²) in [5.41, 5.74) is 1.05. The van der Waals surface area contributed by atoms with Crippen LogP contribution in [-0.4, -0.2) is 39.4 Å². The molecule has 5 rings (SSSR count). The largest absolute Gasteiger partial charge is 0.444 e. The second-order valence-corrected chi connectivity index (χ2v) is 11.7. The van der Waals surface area contributed by atoms with Crippen LogP contribution in [-0.2, 0) is 17.8 Å². The minimum atomic E-state index is -0.596. The molecule has 0 bridgehead atoms. The molecule has 0 aliphatic carbocycles. The van der Waals surface area contributed by atoms with Crippen molar-refractivity contribution < 1.29 is 9.53 Å². The van der Waals surface area contributed by atoms with Crippen molar-refractivity contribution in [2.75, 3.05) is 28.2 Å². The Morgan fingerprint density at radius 3 is 2.34 bits per heavy atom. The Hall–Kier alpha value is -3.11. The normalized spacial score (nSPS) is 14.0. The van der Waals surface area contributed by atoms with Crippen LogP contribution >= 0.6 is 22.7 Å². The molecular weight excluding hydrogens is 480 g/mol. The van der Waals surface area contributed by atoms with E-state index in [0.717, 1.165) is 50.5 Å². The molecule has 184 valence electrons. The molecule has 8 nitrogen and oxygen atoms in total. The first-order valence-corrected chi connectivity index (χ1v) is 13.5. The zero-order chi connectivity index (χ0) is 24.4. The summed E-state index contributed by atoms with van der Waals surface area (Å²) in [4.78, 5) is 24.8. The smallest absolute Gasteiger partial charge is 0.413 e. The number of carbonyl (C=O) groups excluding carboxylic acids is 1. The van der Waals surface area contributed by atoms with Gasteiger partial charge in [0.2, 0.25) is 0 Å². The van der Waals surface area contributed by atoms with Crippen molar-refractivity contribution in [3.8, 4) is 0 Å². The molecule has 4 aromatic heterocycles. The summed E-state index contributed by atoms with van der Waals surface area (Å²) in [6, 6.07) is 10.3. The number of nitrogens with zero attached hydrogens (tertiary/aromatic N) is 5. The van der Waals surface area contributed by atoms with Crippen LogP contribution in [0.2, 0.25) is 0 Å². The topological polar surface area (TPSA) is 75.0 Å². The van der Waals surface area contributed by atoms with Gasteiger partial charge in [0.25, 0.3) is 0 Å². The summed E-state index contributed by atoms with van der Waals surface area (Å²) in [5, 5.41) is 11.7. The van der Waals surface area contributed by atoms with Gasteiger partial charge in [0.15, 0.2) is 5.65 Å². The van der Waals surface area contributed by atoms with Gasteiger partial charge < -0.3 is 14.5 Å². The van der Waals surface area contributed by atoms with Gasteiger partial charge in [-0.3, -0.25) is 5.32 Å². The Bertz CT molecular complexity index is 1240. The summed E-state index contributed by atoms with van der Waals surface area (Å²) in [7, 11) is 0. The van der Waals surface area contributed by atoms with Crippen molar-refractivity contribution in [3.05, 3.63) is 57.0 Å². The summed E-state index contributed by atoms with van der Waals surface area (Å²) >= 11 is 3.48. The Morgan fingerprint density at radius 2 is 1.77 bits per heavy atom. The molecule has 1 fully saturated rings. The van der Waals surface area contributed by atoms with Crippen molar-refractivity contribution in [3.63, 3.8) is 0 Å². The predicted octanol–water partition coefficient (Wildman–Crippen LogP) is 6.01. The van der Waals surface area contributed by atoms with Gasteiger partial charge in [-0.2, -0.15) is 9.61 Å². The first kappa shape index (κ1) is 23.6. The number of ether oxygens (including phenoxy) is 1. The summed E-state index contributed by atoms with van der Waals surface area (Å²) in [6.45, 7) is 8.96. The fourth-order valence-electron chi connectivity index (χ4n) is 4.17. The fraction of sp³-hybridized carbons (Fsp3) is 0.400. The van der Waals surface area contributed by atoms with Crippen molar-refractivity contribution in [1.82, 2.24) is 14.6 Å². The number of nitrogens with one attached hydrogen (secondary N) is 1. The number of thiophene rings is 2. The van der Waals surface area contributed by atoms with E-state index in [1.165, 1.54) is 9.75 Å². The van der Waals surface area contributed by atoms with E-state index in [1.54, 1.807) is 27.2 Å². The van der Waals surface area contributed by atoms with E-state index in [4.69, 9.17) is 9.72 Å². The van der Waals surface area contributed by atoms with Crippen molar-refractivity contribution >= 4 is 51.7 Å². The highest BCUT2D eigenvalue weighted by Gasteiger charge is 2.23. The molecule has 10 heteroatoms. The van der Waals surface area contributed by atoms with Crippen LogP contribution in [0, 0.1) is 0 Å². The van der Waals surface area contributed by atoms with Crippen LogP contribution in [0.15, 0.2) is 47.3 Å². The lowest BCUT2D eigenvalue weighted by atomic mass is 10.2. The minimum absolute atomic E-state index is 0.511. The molecular formula is C25H30N6O2S2. The molecule has 5 heterocycles. The lowest BCUT2D eigenvalue weighted by Gasteiger charge is -2.24. The predicted molar refractivity (Wildman–Crippen MR) is 143 cm³/mol. The van der Waals surface area contributed by atoms with Crippen LogP contribution in [0.5, 0.6) is 0 Å². The average Bonchev–Trinajstić information content (AvgIpc) is 3.59. The molecule has 1 aliphatic heterocycles. The first-order chi connectivity index (χ1) is 16.9. The summed E-state index contributed by atoms with van der Waals surface area (Å²) in [5.74, 6) is 1.39. The average molecular weight is 511 g/mol. The van der Waals surface area contributed by atoms with Gasteiger partial charge in [0, 0.05) is 28.9 Å². The van der Waals surface area contributed by atoms with E-state index in [-0.39, 0.29) is 0 Å². The quantitative estimate of drug-likeness (QED) is 0.328. The number of rotatable bonds is 7. The van der Waals surface area contributed by atoms with Gasteiger partial charge in [-0.25, -0.2) is 9.78 Å². The maximum atomic E-state index is 12.7. The first-order valence-electron chi connectivity index (χ1n) is 11.8. The Kier molecular flexibility index (Phi) is 6.66. The molecule has 0 spiro atoms. The highest BCUT2D eigenvalue weighted by Crippen LogP contribution is 2.31. The number of amides is 1. The maximum Gasteiger partial charge on any atom is 0.413 e. The van der Waals surface area contributed by atoms with Crippen LogP contribution in [0.3, 0.4) is 0 Å². The van der Waals surface area contributed by atoms with E-state index in [9.17, 15) is 4.79 Å². The number of hydrogen-bond acceptors (Lipinski definition) is 8. The van der Waals surface area contributed by atoms with Gasteiger partial charge in [0.1, 0.15) is 22.9 Å². The summed E-state index contributed by atoms with van der Waals surface area (Å²) < 4.78 is 7.22. The Morgan fingerprint density at radius 1 is 1.11 bits per heavy atom. The zero-order valence-electron chi connectivity index (χ0n) is 20.2. The van der Waals surface area contributed by atoms with Crippen LogP contribution in [0.25, 0.3) is 5.65 Å². The van der Waals surface area contributed by atoms with Gasteiger partial charge in [0.05, 0.1) is 19.3 Å². The number of hydrogen-bond donors (Lipinski definition) is 1. The maximum absolute atomic E-state index is 12.7. The third kappa shape index (κ3) is 5.59. The monoisotopic (exact) mass is 510 g/mol. The Balaban J connectivity index is 1.56. The number of anilines is 3. The molecule has 1 saturated heterocycles. The molecule has 4 aromatic rings. The number of fused-ring (bicyclic) bond motifs is 1. The van der Waals surface area contributed by atoms with Crippen LogP contribution in [0.1, 0.15) is 43.4 Å². The van der Waals surface area contributed by atoms with Gasteiger partial charge in [-0.1, -0.05) is 12.1 Å². The number of aromatic nitrogens is 3. The molecule has 1 N–H and O–H groups in total. The van der Waals surface area contributed by atoms with E-state index < -0.39 is 11.7 Å². The second kappa shape index (κ2) is 9.87. The van der Waals surface area contributed by atoms with E-state index in [0.29, 0.717) is 11.5 Å². The van der Waals surface area contributed by atoms with E-state index in [2.05, 4.69) is 55.2 Å². The van der Waals surface area contributed by atoms with Crippen molar-refractivity contribution in [2.45, 2.75) is 52.3 Å². The molecule has 1 aliphatic rings. The molecule has 0 atom stereocenters. The van der Waals surface area contributed by atoms with E-state index in [1.807, 2.05) is 33.0 Å². The molecule has 0 radical (unpaired) electrons. The lowest BCUT2D eigenvalue weighted by Crippen LogP contribution is -2.28. The lowest BCUT2D eigenvalue weighted by molar-refractivity contribution is 0.0635. The third-order valence-corrected chi connectivity index (χ3v) is 7.42. The highest BCUT2D eigenvalue weighted by molar-refractivity contribution is 7.10. The van der Waals surface area contributed by atoms with E-state index >= 15 is 0 Å². The second-order valence-electron chi connectivity index (χ2n) is 9.60. The van der Waals surface area contributed by atoms with Crippen molar-refractivity contribution in [2.24, 2.45) is 0 Å². The highest BCUT2D eigenvalue weighted by atomic mass is 32.1.